The summed E-state index contributed by atoms with van der Waals surface area (Å²) in [6.45, 7) is 0. The summed E-state index contributed by atoms with van der Waals surface area (Å²) in [5, 5.41) is 11.1. The standard InChI is InChI=1S/C28H17FN4O3/c29-20-11-8-17(9-12-20)19-10-13-23-21(15-19)22(16-24(30-23)18-5-2-1-3-6-18)26(34)31-28-33-32-27(36-28)25-7-4-14-35-25/h1-16H,(H,31,33,34). The SMILES string of the molecule is O=C(Nc1nnc(-c2ccco2)o1)c1cc(-c2ccccc2)nc2ccc(-c3ccc(F)cc3)cc12. The van der Waals surface area contributed by atoms with Crippen LogP contribution < -0.4 is 5.32 Å². The number of fused-ring (bicyclic) bond motifs is 1. The fourth-order valence-corrected chi connectivity index (χ4v) is 3.93. The lowest BCUT2D eigenvalue weighted by Gasteiger charge is -2.11. The van der Waals surface area contributed by atoms with Crippen molar-refractivity contribution in [3.8, 4) is 34.0 Å². The molecule has 3 heterocycles. The Hall–Kier alpha value is -5.11. The average molecular weight is 476 g/mol. The number of amides is 1. The number of pyridine rings is 1. The third-order valence-corrected chi connectivity index (χ3v) is 5.68. The molecule has 0 bridgehead atoms. The van der Waals surface area contributed by atoms with Gasteiger partial charge in [-0.1, -0.05) is 53.6 Å². The van der Waals surface area contributed by atoms with E-state index in [0.29, 0.717) is 27.9 Å². The van der Waals surface area contributed by atoms with E-state index in [4.69, 9.17) is 13.8 Å². The van der Waals surface area contributed by atoms with Gasteiger partial charge in [0.1, 0.15) is 5.82 Å². The van der Waals surface area contributed by atoms with Gasteiger partial charge in [-0.15, -0.1) is 5.10 Å². The molecule has 174 valence electrons. The molecule has 3 aromatic heterocycles. The van der Waals surface area contributed by atoms with Crippen molar-refractivity contribution in [1.29, 1.82) is 0 Å². The zero-order valence-corrected chi connectivity index (χ0v) is 18.7. The van der Waals surface area contributed by atoms with Crippen LogP contribution in [0.1, 0.15) is 10.4 Å². The van der Waals surface area contributed by atoms with Crippen LogP contribution in [0, 0.1) is 5.82 Å². The maximum Gasteiger partial charge on any atom is 0.322 e. The molecular weight excluding hydrogens is 459 g/mol. The van der Waals surface area contributed by atoms with Crippen molar-refractivity contribution in [2.75, 3.05) is 5.32 Å². The highest BCUT2D eigenvalue weighted by molar-refractivity contribution is 6.13. The molecule has 0 aliphatic heterocycles. The molecule has 6 aromatic rings. The van der Waals surface area contributed by atoms with E-state index in [1.807, 2.05) is 48.5 Å². The molecule has 1 N–H and O–H groups in total. The fourth-order valence-electron chi connectivity index (χ4n) is 3.93. The average Bonchev–Trinajstić information content (AvgIpc) is 3.61. The number of hydrogen-bond acceptors (Lipinski definition) is 6. The Labute approximate surface area is 204 Å². The van der Waals surface area contributed by atoms with E-state index in [2.05, 4.69) is 15.5 Å². The molecule has 6 rings (SSSR count). The van der Waals surface area contributed by atoms with E-state index < -0.39 is 5.91 Å². The van der Waals surface area contributed by atoms with Gasteiger partial charge in [0, 0.05) is 10.9 Å². The minimum Gasteiger partial charge on any atom is -0.459 e. The lowest BCUT2D eigenvalue weighted by atomic mass is 9.98. The lowest BCUT2D eigenvalue weighted by molar-refractivity contribution is 0.102. The fraction of sp³-hybridized carbons (Fsp3) is 0. The summed E-state index contributed by atoms with van der Waals surface area (Å²) in [5.41, 5.74) is 4.16. The van der Waals surface area contributed by atoms with Crippen molar-refractivity contribution < 1.29 is 18.0 Å². The van der Waals surface area contributed by atoms with Crippen molar-refractivity contribution in [3.63, 3.8) is 0 Å². The minimum absolute atomic E-state index is 0.0627. The Morgan fingerprint density at radius 1 is 0.806 bits per heavy atom. The number of hydrogen-bond donors (Lipinski definition) is 1. The molecule has 1 amide bonds. The lowest BCUT2D eigenvalue weighted by Crippen LogP contribution is -2.13. The van der Waals surface area contributed by atoms with Gasteiger partial charge in [-0.3, -0.25) is 10.1 Å². The summed E-state index contributed by atoms with van der Waals surface area (Å²) in [4.78, 5) is 18.2. The van der Waals surface area contributed by atoms with Crippen LogP contribution in [0.2, 0.25) is 0 Å². The third kappa shape index (κ3) is 4.12. The summed E-state index contributed by atoms with van der Waals surface area (Å²) < 4.78 is 24.3. The van der Waals surface area contributed by atoms with Crippen LogP contribution in [0.3, 0.4) is 0 Å². The number of anilines is 1. The van der Waals surface area contributed by atoms with Crippen molar-refractivity contribution in [2.45, 2.75) is 0 Å². The Balaban J connectivity index is 1.44. The molecule has 0 saturated carbocycles. The van der Waals surface area contributed by atoms with E-state index >= 15 is 0 Å². The maximum atomic E-state index is 13.5. The molecule has 0 unspecified atom stereocenters. The van der Waals surface area contributed by atoms with Gasteiger partial charge in [0.25, 0.3) is 11.8 Å². The summed E-state index contributed by atoms with van der Waals surface area (Å²) in [5.74, 6) is -0.209. The van der Waals surface area contributed by atoms with Gasteiger partial charge < -0.3 is 8.83 Å². The summed E-state index contributed by atoms with van der Waals surface area (Å²) >= 11 is 0. The number of halogens is 1. The molecule has 3 aromatic carbocycles. The second kappa shape index (κ2) is 8.92. The molecular formula is C28H17FN4O3. The molecule has 0 atom stereocenters. The monoisotopic (exact) mass is 476 g/mol. The first-order valence-corrected chi connectivity index (χ1v) is 11.1. The van der Waals surface area contributed by atoms with Crippen molar-refractivity contribution in [3.05, 3.63) is 109 Å². The molecule has 8 heteroatoms. The number of benzene rings is 3. The topological polar surface area (TPSA) is 94.1 Å². The molecule has 0 fully saturated rings. The van der Waals surface area contributed by atoms with Crippen LogP contribution in [0.4, 0.5) is 10.4 Å². The van der Waals surface area contributed by atoms with Gasteiger partial charge >= 0.3 is 6.01 Å². The number of rotatable bonds is 5. The number of nitrogens with zero attached hydrogens (tertiary/aromatic N) is 3. The van der Waals surface area contributed by atoms with Crippen LogP contribution in [0.25, 0.3) is 44.9 Å². The van der Waals surface area contributed by atoms with Crippen LogP contribution in [0.5, 0.6) is 0 Å². The minimum atomic E-state index is -0.439. The van der Waals surface area contributed by atoms with Crippen LogP contribution in [-0.2, 0) is 0 Å². The van der Waals surface area contributed by atoms with Gasteiger partial charge in [0.2, 0.25) is 0 Å². The highest BCUT2D eigenvalue weighted by atomic mass is 19.1. The first-order valence-electron chi connectivity index (χ1n) is 11.1. The number of carbonyl (C=O) groups excluding carboxylic acids is 1. The first kappa shape index (κ1) is 21.4. The van der Waals surface area contributed by atoms with Gasteiger partial charge in [0.15, 0.2) is 5.76 Å². The zero-order valence-electron chi connectivity index (χ0n) is 18.7. The predicted molar refractivity (Wildman–Crippen MR) is 133 cm³/mol. The van der Waals surface area contributed by atoms with Gasteiger partial charge in [-0.05, 0) is 53.6 Å². The van der Waals surface area contributed by atoms with Crippen molar-refractivity contribution in [1.82, 2.24) is 15.2 Å². The van der Waals surface area contributed by atoms with Gasteiger partial charge in [0.05, 0.1) is 23.0 Å². The normalized spacial score (nSPS) is 11.0. The van der Waals surface area contributed by atoms with E-state index in [0.717, 1.165) is 16.7 Å². The van der Waals surface area contributed by atoms with E-state index in [-0.39, 0.29) is 17.7 Å². The number of carbonyl (C=O) groups is 1. The number of furan rings is 1. The zero-order chi connectivity index (χ0) is 24.5. The van der Waals surface area contributed by atoms with Gasteiger partial charge in [-0.25, -0.2) is 9.37 Å². The summed E-state index contributed by atoms with van der Waals surface area (Å²) in [6, 6.07) is 26.4. The van der Waals surface area contributed by atoms with Crippen molar-refractivity contribution >= 4 is 22.8 Å². The molecule has 0 saturated heterocycles. The van der Waals surface area contributed by atoms with E-state index in [1.165, 1.54) is 18.4 Å². The Morgan fingerprint density at radius 3 is 2.39 bits per heavy atom. The Bertz CT molecular complexity index is 1680. The van der Waals surface area contributed by atoms with Crippen LogP contribution >= 0.6 is 0 Å². The van der Waals surface area contributed by atoms with E-state index in [9.17, 15) is 9.18 Å². The molecule has 7 nitrogen and oxygen atoms in total. The molecule has 0 aliphatic carbocycles. The molecule has 0 spiro atoms. The summed E-state index contributed by atoms with van der Waals surface area (Å²) in [6.07, 6.45) is 1.49. The van der Waals surface area contributed by atoms with E-state index in [1.54, 1.807) is 30.3 Å². The molecule has 0 radical (unpaired) electrons. The maximum absolute atomic E-state index is 13.5. The number of nitrogens with one attached hydrogen (secondary N) is 1. The Morgan fingerprint density at radius 2 is 1.61 bits per heavy atom. The first-order chi connectivity index (χ1) is 17.6. The highest BCUT2D eigenvalue weighted by Gasteiger charge is 2.18. The summed E-state index contributed by atoms with van der Waals surface area (Å²) in [7, 11) is 0. The smallest absolute Gasteiger partial charge is 0.322 e. The second-order valence-electron chi connectivity index (χ2n) is 8.00. The molecule has 36 heavy (non-hydrogen) atoms. The Kier molecular flexibility index (Phi) is 5.31. The predicted octanol–water partition coefficient (Wildman–Crippen LogP) is 6.60. The quantitative estimate of drug-likeness (QED) is 0.301. The number of aromatic nitrogens is 3. The highest BCUT2D eigenvalue weighted by Crippen LogP contribution is 2.30. The van der Waals surface area contributed by atoms with Gasteiger partial charge in [-0.2, -0.15) is 0 Å². The van der Waals surface area contributed by atoms with Crippen molar-refractivity contribution in [2.24, 2.45) is 0 Å². The third-order valence-electron chi connectivity index (χ3n) is 5.68. The largest absolute Gasteiger partial charge is 0.459 e. The second-order valence-corrected chi connectivity index (χ2v) is 8.00. The molecule has 0 aliphatic rings. The van der Waals surface area contributed by atoms with Crippen LogP contribution in [-0.4, -0.2) is 21.1 Å². The van der Waals surface area contributed by atoms with Crippen LogP contribution in [0.15, 0.2) is 106 Å².